The number of likely N-dealkylation sites (tertiary alicyclic amines) is 1. The lowest BCUT2D eigenvalue weighted by atomic mass is 9.93. The Labute approximate surface area is 117 Å². The summed E-state index contributed by atoms with van der Waals surface area (Å²) in [7, 11) is 0. The van der Waals surface area contributed by atoms with Crippen molar-refractivity contribution in [2.45, 2.75) is 44.7 Å². The Morgan fingerprint density at radius 1 is 1.20 bits per heavy atom. The van der Waals surface area contributed by atoms with Gasteiger partial charge in [-0.25, -0.2) is 0 Å². The van der Waals surface area contributed by atoms with Crippen LogP contribution in [-0.4, -0.2) is 43.2 Å². The number of hydrogen-bond acceptors (Lipinski definition) is 2. The third kappa shape index (κ3) is 4.36. The van der Waals surface area contributed by atoms with Gasteiger partial charge in [0.2, 0.25) is 5.91 Å². The number of halogens is 3. The maximum Gasteiger partial charge on any atom is 0.391 e. The lowest BCUT2D eigenvalue weighted by Gasteiger charge is -2.33. The Morgan fingerprint density at radius 2 is 1.90 bits per heavy atom. The van der Waals surface area contributed by atoms with E-state index >= 15 is 0 Å². The van der Waals surface area contributed by atoms with Crippen LogP contribution in [0.4, 0.5) is 13.2 Å². The van der Waals surface area contributed by atoms with E-state index in [1.54, 1.807) is 4.90 Å². The summed E-state index contributed by atoms with van der Waals surface area (Å²) in [5.41, 5.74) is 0. The van der Waals surface area contributed by atoms with Gasteiger partial charge >= 0.3 is 6.18 Å². The number of piperidine rings is 2. The summed E-state index contributed by atoms with van der Waals surface area (Å²) in [6.45, 7) is 2.52. The lowest BCUT2D eigenvalue weighted by Crippen LogP contribution is -2.42. The van der Waals surface area contributed by atoms with Gasteiger partial charge in [0.25, 0.3) is 0 Å². The van der Waals surface area contributed by atoms with Gasteiger partial charge in [-0.05, 0) is 51.1 Å². The molecular formula is C14H23F3N2O. The third-order valence-corrected chi connectivity index (χ3v) is 4.48. The quantitative estimate of drug-likeness (QED) is 0.867. The van der Waals surface area contributed by atoms with Crippen molar-refractivity contribution in [2.24, 2.45) is 11.8 Å². The van der Waals surface area contributed by atoms with Crippen molar-refractivity contribution in [2.75, 3.05) is 26.2 Å². The van der Waals surface area contributed by atoms with Crippen LogP contribution in [0.3, 0.4) is 0 Å². The summed E-state index contributed by atoms with van der Waals surface area (Å²) >= 11 is 0. The average Bonchev–Trinajstić information content (AvgIpc) is 2.45. The van der Waals surface area contributed by atoms with Gasteiger partial charge in [0.1, 0.15) is 0 Å². The zero-order valence-corrected chi connectivity index (χ0v) is 11.7. The van der Waals surface area contributed by atoms with E-state index in [1.807, 2.05) is 0 Å². The van der Waals surface area contributed by atoms with E-state index in [-0.39, 0.29) is 31.8 Å². The molecular weight excluding hydrogens is 269 g/mol. The maximum absolute atomic E-state index is 12.5. The Balaban J connectivity index is 1.69. The minimum atomic E-state index is -4.11. The fourth-order valence-corrected chi connectivity index (χ4v) is 3.11. The van der Waals surface area contributed by atoms with Crippen molar-refractivity contribution in [1.29, 1.82) is 0 Å². The number of carbonyl (C=O) groups is 1. The van der Waals surface area contributed by atoms with Crippen molar-refractivity contribution in [3.8, 4) is 0 Å². The molecule has 0 aliphatic carbocycles. The molecule has 3 nitrogen and oxygen atoms in total. The lowest BCUT2D eigenvalue weighted by molar-refractivity contribution is -0.186. The van der Waals surface area contributed by atoms with E-state index in [4.69, 9.17) is 0 Å². The molecule has 1 amide bonds. The van der Waals surface area contributed by atoms with Crippen LogP contribution in [-0.2, 0) is 4.79 Å². The highest BCUT2D eigenvalue weighted by atomic mass is 19.4. The Bertz CT molecular complexity index is 319. The Morgan fingerprint density at radius 3 is 2.45 bits per heavy atom. The molecule has 0 bridgehead atoms. The summed E-state index contributed by atoms with van der Waals surface area (Å²) in [5.74, 6) is -0.661. The SMILES string of the molecule is O=C(CCC1CCCNC1)N1CCC(C(F)(F)F)CC1. The molecule has 1 unspecified atom stereocenters. The molecule has 0 saturated carbocycles. The van der Waals surface area contributed by atoms with Gasteiger partial charge in [-0.3, -0.25) is 4.79 Å². The number of nitrogens with one attached hydrogen (secondary N) is 1. The van der Waals surface area contributed by atoms with Crippen LogP contribution < -0.4 is 5.32 Å². The molecule has 2 heterocycles. The number of nitrogens with zero attached hydrogens (tertiary/aromatic N) is 1. The molecule has 1 N–H and O–H groups in total. The molecule has 2 saturated heterocycles. The van der Waals surface area contributed by atoms with Gasteiger partial charge in [0, 0.05) is 19.5 Å². The molecule has 2 fully saturated rings. The van der Waals surface area contributed by atoms with Crippen molar-refractivity contribution < 1.29 is 18.0 Å². The van der Waals surface area contributed by atoms with E-state index in [0.29, 0.717) is 12.3 Å². The van der Waals surface area contributed by atoms with Crippen LogP contribution in [0.5, 0.6) is 0 Å². The highest BCUT2D eigenvalue weighted by molar-refractivity contribution is 5.76. The predicted octanol–water partition coefficient (Wildman–Crippen LogP) is 2.57. The van der Waals surface area contributed by atoms with Crippen molar-refractivity contribution in [1.82, 2.24) is 10.2 Å². The predicted molar refractivity (Wildman–Crippen MR) is 70.2 cm³/mol. The zero-order chi connectivity index (χ0) is 14.6. The first-order valence-electron chi connectivity index (χ1n) is 7.52. The molecule has 0 aromatic rings. The maximum atomic E-state index is 12.5. The summed E-state index contributed by atoms with van der Waals surface area (Å²) in [5, 5.41) is 3.31. The number of alkyl halides is 3. The molecule has 20 heavy (non-hydrogen) atoms. The highest BCUT2D eigenvalue weighted by Gasteiger charge is 2.41. The van der Waals surface area contributed by atoms with Crippen LogP contribution in [0.15, 0.2) is 0 Å². The van der Waals surface area contributed by atoms with Crippen LogP contribution in [0.1, 0.15) is 38.5 Å². The second-order valence-electron chi connectivity index (χ2n) is 5.95. The molecule has 2 aliphatic rings. The first kappa shape index (κ1) is 15.6. The minimum Gasteiger partial charge on any atom is -0.343 e. The first-order chi connectivity index (χ1) is 9.47. The van der Waals surface area contributed by atoms with E-state index < -0.39 is 12.1 Å². The minimum absolute atomic E-state index is 0.0243. The van der Waals surface area contributed by atoms with Crippen molar-refractivity contribution in [3.63, 3.8) is 0 Å². The fourth-order valence-electron chi connectivity index (χ4n) is 3.11. The highest BCUT2D eigenvalue weighted by Crippen LogP contribution is 2.34. The van der Waals surface area contributed by atoms with Crippen LogP contribution in [0, 0.1) is 11.8 Å². The van der Waals surface area contributed by atoms with Crippen LogP contribution in [0.25, 0.3) is 0 Å². The van der Waals surface area contributed by atoms with E-state index in [2.05, 4.69) is 5.32 Å². The van der Waals surface area contributed by atoms with E-state index in [0.717, 1.165) is 32.4 Å². The average molecular weight is 292 g/mol. The number of carbonyl (C=O) groups excluding carboxylic acids is 1. The Kier molecular flexibility index (Phi) is 5.29. The molecule has 2 aliphatic heterocycles. The van der Waals surface area contributed by atoms with Gasteiger partial charge in [0.05, 0.1) is 5.92 Å². The standard InChI is InChI=1S/C14H23F3N2O/c15-14(16,17)12-5-8-19(9-6-12)13(20)4-3-11-2-1-7-18-10-11/h11-12,18H,1-10H2. The van der Waals surface area contributed by atoms with Gasteiger partial charge < -0.3 is 10.2 Å². The first-order valence-corrected chi connectivity index (χ1v) is 7.52. The second kappa shape index (κ2) is 6.78. The molecule has 1 atom stereocenters. The topological polar surface area (TPSA) is 32.3 Å². The van der Waals surface area contributed by atoms with Crippen molar-refractivity contribution >= 4 is 5.91 Å². The molecule has 0 spiro atoms. The summed E-state index contributed by atoms with van der Waals surface area (Å²) in [6.07, 6.45) is -0.371. The third-order valence-electron chi connectivity index (χ3n) is 4.48. The summed E-state index contributed by atoms with van der Waals surface area (Å²) < 4.78 is 37.6. The van der Waals surface area contributed by atoms with Crippen molar-refractivity contribution in [3.05, 3.63) is 0 Å². The molecule has 0 radical (unpaired) electrons. The smallest absolute Gasteiger partial charge is 0.343 e. The van der Waals surface area contributed by atoms with Gasteiger partial charge in [0.15, 0.2) is 0 Å². The van der Waals surface area contributed by atoms with Gasteiger partial charge in [-0.15, -0.1) is 0 Å². The van der Waals surface area contributed by atoms with E-state index in [9.17, 15) is 18.0 Å². The largest absolute Gasteiger partial charge is 0.391 e. The zero-order valence-electron chi connectivity index (χ0n) is 11.7. The van der Waals surface area contributed by atoms with E-state index in [1.165, 1.54) is 0 Å². The Hall–Kier alpha value is -0.780. The number of amides is 1. The normalized spacial score (nSPS) is 25.8. The van der Waals surface area contributed by atoms with Gasteiger partial charge in [-0.2, -0.15) is 13.2 Å². The molecule has 6 heteroatoms. The van der Waals surface area contributed by atoms with Crippen LogP contribution in [0.2, 0.25) is 0 Å². The van der Waals surface area contributed by atoms with Gasteiger partial charge in [-0.1, -0.05) is 0 Å². The summed E-state index contributed by atoms with van der Waals surface area (Å²) in [4.78, 5) is 13.6. The molecule has 0 aromatic heterocycles. The van der Waals surface area contributed by atoms with Crippen LogP contribution >= 0.6 is 0 Å². The molecule has 2 rings (SSSR count). The fraction of sp³-hybridized carbons (Fsp3) is 0.929. The monoisotopic (exact) mass is 292 g/mol. The molecule has 116 valence electrons. The number of hydrogen-bond donors (Lipinski definition) is 1. The molecule has 0 aromatic carbocycles. The second-order valence-corrected chi connectivity index (χ2v) is 5.95. The summed E-state index contributed by atoms with van der Waals surface area (Å²) in [6, 6.07) is 0. The number of rotatable bonds is 3.